The zero-order chi connectivity index (χ0) is 31.1. The van der Waals surface area contributed by atoms with Crippen LogP contribution in [0.1, 0.15) is 52.5 Å². The third kappa shape index (κ3) is 6.98. The molecule has 4 aromatic rings. The van der Waals surface area contributed by atoms with Crippen molar-refractivity contribution in [1.29, 1.82) is 0 Å². The van der Waals surface area contributed by atoms with Crippen LogP contribution in [0.15, 0.2) is 95.4 Å². The number of hydrogen-bond donors (Lipinski definition) is 1. The number of imide groups is 1. The van der Waals surface area contributed by atoms with Crippen LogP contribution >= 0.6 is 0 Å². The number of benzene rings is 3. The average molecular weight is 596 g/mol. The number of furan rings is 1. The van der Waals surface area contributed by atoms with Gasteiger partial charge in [-0.1, -0.05) is 90.5 Å². The molecule has 1 fully saturated rings. The fourth-order valence-corrected chi connectivity index (χ4v) is 5.62. The molecule has 3 atom stereocenters. The van der Waals surface area contributed by atoms with Crippen LogP contribution in [0.2, 0.25) is 0 Å². The summed E-state index contributed by atoms with van der Waals surface area (Å²) in [6.45, 7) is 4.36. The molecule has 1 aromatic heterocycles. The Morgan fingerprint density at radius 2 is 1.68 bits per heavy atom. The Balaban J connectivity index is 1.47. The van der Waals surface area contributed by atoms with Gasteiger partial charge in [0.2, 0.25) is 11.7 Å². The Bertz CT molecular complexity index is 1580. The number of amides is 2. The van der Waals surface area contributed by atoms with Crippen molar-refractivity contribution in [2.75, 3.05) is 19.8 Å². The fraction of sp³-hybridized carbons (Fsp3) is 0.306. The molecule has 1 N–H and O–H groups in total. The number of Topliss-reactive ketones (excluding diaryl/α,β-unsaturated/α-hetero) is 1. The Labute approximate surface area is 257 Å². The van der Waals surface area contributed by atoms with E-state index in [2.05, 4.69) is 0 Å². The van der Waals surface area contributed by atoms with Gasteiger partial charge in [0.15, 0.2) is 5.76 Å². The van der Waals surface area contributed by atoms with Gasteiger partial charge in [0, 0.05) is 18.6 Å². The summed E-state index contributed by atoms with van der Waals surface area (Å²) in [6.07, 6.45) is -0.213. The van der Waals surface area contributed by atoms with Crippen molar-refractivity contribution in [2.24, 2.45) is 5.92 Å². The summed E-state index contributed by atoms with van der Waals surface area (Å²) in [5, 5.41) is 9.01. The van der Waals surface area contributed by atoms with Crippen LogP contribution in [-0.4, -0.2) is 53.7 Å². The van der Waals surface area contributed by atoms with Crippen molar-refractivity contribution in [3.63, 3.8) is 0 Å². The van der Waals surface area contributed by atoms with Crippen LogP contribution in [0.5, 0.6) is 0 Å². The zero-order valence-corrected chi connectivity index (χ0v) is 25.0. The Morgan fingerprint density at radius 3 is 2.39 bits per heavy atom. The largest absolute Gasteiger partial charge is 0.457 e. The summed E-state index contributed by atoms with van der Waals surface area (Å²) < 4.78 is 17.3. The molecule has 0 spiro atoms. The van der Waals surface area contributed by atoms with E-state index >= 15 is 0 Å². The number of ether oxygens (including phenoxy) is 2. The van der Waals surface area contributed by atoms with Crippen LogP contribution < -0.4 is 0 Å². The molecule has 1 aliphatic heterocycles. The minimum atomic E-state index is -1.21. The van der Waals surface area contributed by atoms with E-state index in [1.165, 1.54) is 0 Å². The number of nitrogens with zero attached hydrogens (tertiary/aromatic N) is 1. The van der Waals surface area contributed by atoms with Gasteiger partial charge in [-0.15, -0.1) is 0 Å². The van der Waals surface area contributed by atoms with Crippen molar-refractivity contribution in [2.45, 2.75) is 45.3 Å². The number of aliphatic hydroxyl groups is 1. The highest BCUT2D eigenvalue weighted by atomic mass is 16.6. The molecule has 0 aliphatic carbocycles. The average Bonchev–Trinajstić information content (AvgIpc) is 3.60. The fourth-order valence-electron chi connectivity index (χ4n) is 5.62. The first kappa shape index (κ1) is 30.9. The smallest absolute Gasteiger partial charge is 0.417 e. The van der Waals surface area contributed by atoms with Gasteiger partial charge in [0.1, 0.15) is 17.8 Å². The second-order valence-corrected chi connectivity index (χ2v) is 11.0. The quantitative estimate of drug-likeness (QED) is 0.109. The van der Waals surface area contributed by atoms with Gasteiger partial charge in [0.05, 0.1) is 19.3 Å². The van der Waals surface area contributed by atoms with Crippen molar-refractivity contribution in [3.8, 4) is 11.1 Å². The molecular formula is C36H37NO7. The van der Waals surface area contributed by atoms with E-state index in [1.807, 2.05) is 91.9 Å². The van der Waals surface area contributed by atoms with Crippen molar-refractivity contribution in [3.05, 3.63) is 119 Å². The van der Waals surface area contributed by atoms with Crippen molar-refractivity contribution in [1.82, 2.24) is 4.90 Å². The molecule has 8 heteroatoms. The summed E-state index contributed by atoms with van der Waals surface area (Å²) >= 11 is 0. The van der Waals surface area contributed by atoms with Gasteiger partial charge in [-0.05, 0) is 49.4 Å². The Kier molecular flexibility index (Phi) is 10.0. The predicted molar refractivity (Wildman–Crippen MR) is 165 cm³/mol. The first-order valence-corrected chi connectivity index (χ1v) is 14.9. The van der Waals surface area contributed by atoms with Gasteiger partial charge in [-0.2, -0.15) is 0 Å². The standard InChI is InChI=1S/C36H37NO7/c1-24-11-9-16-28(21-24)29-23-32(43-31(29)17-10-19-42-20-18-38)33(39)30(22-26-12-5-3-6-13-26)35(40)37-25(2)34(44-36(37)41)27-14-7-4-8-15-27/h3-9,11-16,21,23,25,30,34,38H,10,17-20,22H2,1-2H3. The van der Waals surface area contributed by atoms with Crippen LogP contribution in [0, 0.1) is 12.8 Å². The van der Waals surface area contributed by atoms with Crippen molar-refractivity contribution < 1.29 is 33.4 Å². The highest BCUT2D eigenvalue weighted by Gasteiger charge is 2.47. The molecule has 1 aliphatic rings. The molecule has 2 amide bonds. The number of cyclic esters (lactones) is 1. The molecule has 3 unspecified atom stereocenters. The third-order valence-electron chi connectivity index (χ3n) is 7.84. The Morgan fingerprint density at radius 1 is 0.955 bits per heavy atom. The maximum absolute atomic E-state index is 14.2. The third-order valence-corrected chi connectivity index (χ3v) is 7.84. The van der Waals surface area contributed by atoms with E-state index in [0.717, 1.165) is 32.7 Å². The number of ketones is 1. The molecule has 0 saturated carbocycles. The summed E-state index contributed by atoms with van der Waals surface area (Å²) in [5.41, 5.74) is 4.28. The second-order valence-electron chi connectivity index (χ2n) is 11.0. The molecule has 0 radical (unpaired) electrons. The lowest BCUT2D eigenvalue weighted by Crippen LogP contribution is -2.44. The number of rotatable bonds is 13. The SMILES string of the molecule is Cc1cccc(-c2cc(C(=O)C(Cc3ccccc3)C(=O)N3C(=O)OC(c4ccccc4)C3C)oc2CCCOCCO)c1. The Hall–Kier alpha value is -4.53. The van der Waals surface area contributed by atoms with E-state index in [1.54, 1.807) is 13.0 Å². The van der Waals surface area contributed by atoms with Crippen molar-refractivity contribution >= 4 is 17.8 Å². The molecule has 8 nitrogen and oxygen atoms in total. The van der Waals surface area contributed by atoms with Gasteiger partial charge < -0.3 is 19.0 Å². The molecule has 228 valence electrons. The summed E-state index contributed by atoms with van der Waals surface area (Å²) in [4.78, 5) is 42.6. The molecule has 3 aromatic carbocycles. The number of aryl methyl sites for hydroxylation is 2. The zero-order valence-electron chi connectivity index (χ0n) is 25.0. The number of hydrogen-bond acceptors (Lipinski definition) is 7. The van der Waals surface area contributed by atoms with Gasteiger partial charge in [-0.3, -0.25) is 9.59 Å². The van der Waals surface area contributed by atoms with E-state index in [4.69, 9.17) is 19.0 Å². The molecule has 0 bridgehead atoms. The van der Waals surface area contributed by atoms with Crippen LogP contribution in [-0.2, 0) is 27.1 Å². The van der Waals surface area contributed by atoms with Crippen LogP contribution in [0.3, 0.4) is 0 Å². The lowest BCUT2D eigenvalue weighted by atomic mass is 9.91. The van der Waals surface area contributed by atoms with E-state index < -0.39 is 35.8 Å². The molecular weight excluding hydrogens is 558 g/mol. The lowest BCUT2D eigenvalue weighted by molar-refractivity contribution is -0.131. The first-order chi connectivity index (χ1) is 21.4. The van der Waals surface area contributed by atoms with E-state index in [9.17, 15) is 14.4 Å². The van der Waals surface area contributed by atoms with Gasteiger partial charge >= 0.3 is 6.09 Å². The minimum absolute atomic E-state index is 0.0555. The van der Waals surface area contributed by atoms with Crippen LogP contribution in [0.25, 0.3) is 11.1 Å². The van der Waals surface area contributed by atoms with Crippen LogP contribution in [0.4, 0.5) is 4.79 Å². The summed E-state index contributed by atoms with van der Waals surface area (Å²) in [7, 11) is 0. The summed E-state index contributed by atoms with van der Waals surface area (Å²) in [6, 6.07) is 27.5. The highest BCUT2D eigenvalue weighted by Crippen LogP contribution is 2.35. The second kappa shape index (κ2) is 14.3. The summed E-state index contributed by atoms with van der Waals surface area (Å²) in [5.74, 6) is -1.67. The van der Waals surface area contributed by atoms with Gasteiger partial charge in [0.25, 0.3) is 0 Å². The maximum atomic E-state index is 14.2. The van der Waals surface area contributed by atoms with E-state index in [0.29, 0.717) is 25.2 Å². The highest BCUT2D eigenvalue weighted by molar-refractivity contribution is 6.12. The monoisotopic (exact) mass is 595 g/mol. The van der Waals surface area contributed by atoms with E-state index in [-0.39, 0.29) is 25.4 Å². The van der Waals surface area contributed by atoms with Gasteiger partial charge in [-0.25, -0.2) is 9.69 Å². The number of carbonyl (C=O) groups is 3. The normalized spacial score (nSPS) is 17.0. The lowest BCUT2D eigenvalue weighted by Gasteiger charge is -2.23. The minimum Gasteiger partial charge on any atom is -0.457 e. The number of carbonyl (C=O) groups excluding carboxylic acids is 3. The molecule has 1 saturated heterocycles. The topological polar surface area (TPSA) is 106 Å². The molecule has 5 rings (SSSR count). The molecule has 44 heavy (non-hydrogen) atoms. The number of aliphatic hydroxyl groups excluding tert-OH is 1. The molecule has 2 heterocycles. The predicted octanol–water partition coefficient (Wildman–Crippen LogP) is 6.35. The first-order valence-electron chi connectivity index (χ1n) is 14.9. The maximum Gasteiger partial charge on any atom is 0.417 e.